The second-order valence-corrected chi connectivity index (χ2v) is 7.55. The fraction of sp³-hybridized carbons (Fsp3) is 0.938. The highest BCUT2D eigenvalue weighted by atomic mass is 16.7. The molecule has 3 aliphatic rings. The number of aliphatic hydroxyl groups is 2. The van der Waals surface area contributed by atoms with Crippen LogP contribution in [0.3, 0.4) is 0 Å². The summed E-state index contributed by atoms with van der Waals surface area (Å²) in [5.41, 5.74) is 2.73. The average molecular weight is 312 g/mol. The SMILES string of the molecule is CCC1(N)C(=O)NC2(C(O)C3CCCCC3)C(C)(O)OC12C. The van der Waals surface area contributed by atoms with Crippen LogP contribution in [0, 0.1) is 5.92 Å². The summed E-state index contributed by atoms with van der Waals surface area (Å²) in [5.74, 6) is -1.93. The molecule has 1 amide bonds. The van der Waals surface area contributed by atoms with E-state index in [0.717, 1.165) is 25.7 Å². The van der Waals surface area contributed by atoms with Gasteiger partial charge in [0.15, 0.2) is 11.3 Å². The molecule has 6 heteroatoms. The van der Waals surface area contributed by atoms with E-state index in [1.807, 2.05) is 6.92 Å². The highest BCUT2D eigenvalue weighted by molar-refractivity contribution is 5.93. The van der Waals surface area contributed by atoms with Gasteiger partial charge in [0.05, 0.1) is 6.10 Å². The van der Waals surface area contributed by atoms with Crippen LogP contribution in [0.1, 0.15) is 59.3 Å². The third-order valence-electron chi connectivity index (χ3n) is 6.55. The topological polar surface area (TPSA) is 105 Å². The Hall–Kier alpha value is -0.690. The molecule has 3 rings (SSSR count). The Balaban J connectivity index is 2.03. The summed E-state index contributed by atoms with van der Waals surface area (Å²) in [7, 11) is 0. The first kappa shape index (κ1) is 16.2. The van der Waals surface area contributed by atoms with Crippen LogP contribution >= 0.6 is 0 Å². The lowest BCUT2D eigenvalue weighted by Gasteiger charge is -2.66. The molecule has 5 unspecified atom stereocenters. The second-order valence-electron chi connectivity index (χ2n) is 7.55. The fourth-order valence-corrected chi connectivity index (χ4v) is 5.07. The van der Waals surface area contributed by atoms with Gasteiger partial charge in [0.2, 0.25) is 5.91 Å². The Morgan fingerprint density at radius 3 is 2.45 bits per heavy atom. The number of aliphatic hydroxyl groups excluding tert-OH is 1. The van der Waals surface area contributed by atoms with Crippen LogP contribution in [0.2, 0.25) is 0 Å². The molecule has 2 saturated heterocycles. The van der Waals surface area contributed by atoms with Crippen molar-refractivity contribution in [3.63, 3.8) is 0 Å². The predicted molar refractivity (Wildman–Crippen MR) is 80.8 cm³/mol. The van der Waals surface area contributed by atoms with E-state index in [9.17, 15) is 15.0 Å². The van der Waals surface area contributed by atoms with Gasteiger partial charge in [0.1, 0.15) is 11.1 Å². The lowest BCUT2D eigenvalue weighted by atomic mass is 9.57. The summed E-state index contributed by atoms with van der Waals surface area (Å²) in [6.07, 6.45) is 4.60. The molecule has 126 valence electrons. The number of carbonyl (C=O) groups excluding carboxylic acids is 1. The first-order chi connectivity index (χ1) is 10.2. The smallest absolute Gasteiger partial charge is 0.243 e. The highest BCUT2D eigenvalue weighted by Gasteiger charge is 2.86. The third kappa shape index (κ3) is 1.57. The van der Waals surface area contributed by atoms with Crippen molar-refractivity contribution in [1.29, 1.82) is 0 Å². The van der Waals surface area contributed by atoms with Crippen molar-refractivity contribution in [2.24, 2.45) is 11.7 Å². The van der Waals surface area contributed by atoms with Gasteiger partial charge in [-0.15, -0.1) is 0 Å². The first-order valence-corrected chi connectivity index (χ1v) is 8.38. The van der Waals surface area contributed by atoms with Gasteiger partial charge in [0, 0.05) is 0 Å². The number of hydrogen-bond acceptors (Lipinski definition) is 5. The quantitative estimate of drug-likeness (QED) is 0.604. The molecular formula is C16H28N2O4. The van der Waals surface area contributed by atoms with Gasteiger partial charge in [-0.25, -0.2) is 0 Å². The maximum absolute atomic E-state index is 12.5. The first-order valence-electron chi connectivity index (χ1n) is 8.38. The predicted octanol–water partition coefficient (Wildman–Crippen LogP) is 0.401. The fourth-order valence-electron chi connectivity index (χ4n) is 5.07. The molecule has 6 nitrogen and oxygen atoms in total. The van der Waals surface area contributed by atoms with E-state index >= 15 is 0 Å². The lowest BCUT2D eigenvalue weighted by molar-refractivity contribution is -0.433. The Morgan fingerprint density at radius 1 is 1.36 bits per heavy atom. The molecule has 0 spiro atoms. The van der Waals surface area contributed by atoms with Crippen LogP contribution in [0.4, 0.5) is 0 Å². The van der Waals surface area contributed by atoms with Crippen molar-refractivity contribution >= 4 is 5.91 Å². The van der Waals surface area contributed by atoms with Gasteiger partial charge in [-0.3, -0.25) is 4.79 Å². The summed E-state index contributed by atoms with van der Waals surface area (Å²) < 4.78 is 5.72. The molecule has 1 aliphatic carbocycles. The van der Waals surface area contributed by atoms with Crippen molar-refractivity contribution < 1.29 is 19.7 Å². The Kier molecular flexibility index (Phi) is 3.43. The maximum atomic E-state index is 12.5. The molecule has 2 aliphatic heterocycles. The maximum Gasteiger partial charge on any atom is 0.243 e. The van der Waals surface area contributed by atoms with Gasteiger partial charge < -0.3 is 26.0 Å². The van der Waals surface area contributed by atoms with E-state index in [1.165, 1.54) is 13.3 Å². The van der Waals surface area contributed by atoms with E-state index in [4.69, 9.17) is 10.5 Å². The van der Waals surface area contributed by atoms with Crippen LogP contribution in [-0.2, 0) is 9.53 Å². The monoisotopic (exact) mass is 312 g/mol. The lowest BCUT2D eigenvalue weighted by Crippen LogP contribution is -2.90. The molecule has 5 atom stereocenters. The van der Waals surface area contributed by atoms with Crippen LogP contribution < -0.4 is 11.1 Å². The van der Waals surface area contributed by atoms with Gasteiger partial charge in [-0.2, -0.15) is 0 Å². The van der Waals surface area contributed by atoms with Gasteiger partial charge >= 0.3 is 0 Å². The van der Waals surface area contributed by atoms with Gasteiger partial charge in [0.25, 0.3) is 0 Å². The molecule has 0 aromatic heterocycles. The molecule has 0 aromatic carbocycles. The minimum absolute atomic E-state index is 0.0444. The number of fused-ring (bicyclic) bond motifs is 1. The molecule has 0 radical (unpaired) electrons. The number of hydrogen-bond donors (Lipinski definition) is 4. The minimum atomic E-state index is -1.62. The summed E-state index contributed by atoms with van der Waals surface area (Å²) in [5, 5.41) is 24.6. The molecule has 0 bridgehead atoms. The Labute approximate surface area is 131 Å². The zero-order chi connectivity index (χ0) is 16.4. The normalized spacial score (nSPS) is 50.2. The molecule has 5 N–H and O–H groups in total. The molecule has 1 saturated carbocycles. The summed E-state index contributed by atoms with van der Waals surface area (Å²) in [6.45, 7) is 5.06. The minimum Gasteiger partial charge on any atom is -0.390 e. The Morgan fingerprint density at radius 2 is 1.95 bits per heavy atom. The summed E-state index contributed by atoms with van der Waals surface area (Å²) in [4.78, 5) is 12.5. The van der Waals surface area contributed by atoms with Crippen LogP contribution in [-0.4, -0.2) is 44.7 Å². The standard InChI is InChI=1S/C16H28N2O4/c1-4-15(17)12(20)18-16(13(15,2)22-14(16,3)21)11(19)10-8-6-5-7-9-10/h10-11,19,21H,4-9,17H2,1-3H3,(H,18,20). The Bertz CT molecular complexity index is 491. The number of rotatable bonds is 3. The van der Waals surface area contributed by atoms with Crippen LogP contribution in [0.15, 0.2) is 0 Å². The van der Waals surface area contributed by atoms with E-state index < -0.39 is 28.6 Å². The second kappa shape index (κ2) is 4.66. The molecule has 0 aromatic rings. The van der Waals surface area contributed by atoms with Crippen molar-refractivity contribution in [3.05, 3.63) is 0 Å². The summed E-state index contributed by atoms with van der Waals surface area (Å²) in [6, 6.07) is 0. The average Bonchev–Trinajstić information content (AvgIpc) is 2.64. The van der Waals surface area contributed by atoms with Crippen LogP contribution in [0.25, 0.3) is 0 Å². The van der Waals surface area contributed by atoms with Crippen molar-refractivity contribution in [1.82, 2.24) is 5.32 Å². The number of nitrogens with one attached hydrogen (secondary N) is 1. The van der Waals surface area contributed by atoms with Crippen LogP contribution in [0.5, 0.6) is 0 Å². The third-order valence-corrected chi connectivity index (χ3v) is 6.55. The molecular weight excluding hydrogens is 284 g/mol. The van der Waals surface area contributed by atoms with E-state index in [-0.39, 0.29) is 11.8 Å². The van der Waals surface area contributed by atoms with Crippen molar-refractivity contribution in [2.75, 3.05) is 0 Å². The zero-order valence-corrected chi connectivity index (χ0v) is 13.7. The molecule has 3 fully saturated rings. The summed E-state index contributed by atoms with van der Waals surface area (Å²) >= 11 is 0. The molecule has 22 heavy (non-hydrogen) atoms. The molecule has 2 heterocycles. The number of carbonyl (C=O) groups is 1. The van der Waals surface area contributed by atoms with Crippen molar-refractivity contribution in [2.45, 2.75) is 87.9 Å². The van der Waals surface area contributed by atoms with Gasteiger partial charge in [-0.1, -0.05) is 26.2 Å². The van der Waals surface area contributed by atoms with Crippen molar-refractivity contribution in [3.8, 4) is 0 Å². The van der Waals surface area contributed by atoms with E-state index in [0.29, 0.717) is 6.42 Å². The van der Waals surface area contributed by atoms with E-state index in [1.54, 1.807) is 6.92 Å². The highest BCUT2D eigenvalue weighted by Crippen LogP contribution is 2.61. The largest absolute Gasteiger partial charge is 0.390 e. The van der Waals surface area contributed by atoms with E-state index in [2.05, 4.69) is 5.32 Å². The number of amides is 1. The van der Waals surface area contributed by atoms with Gasteiger partial charge in [-0.05, 0) is 39.0 Å². The zero-order valence-electron chi connectivity index (χ0n) is 13.7. The number of ether oxygens (including phenoxy) is 1. The number of nitrogens with two attached hydrogens (primary N) is 1.